The molecule has 1 heterocycles. The van der Waals surface area contributed by atoms with Crippen LogP contribution in [0.2, 0.25) is 0 Å². The number of H-pyrrole nitrogens is 1. The van der Waals surface area contributed by atoms with Gasteiger partial charge in [-0.15, -0.1) is 0 Å². The van der Waals surface area contributed by atoms with Crippen LogP contribution in [0, 0.1) is 11.6 Å². The zero-order valence-electron chi connectivity index (χ0n) is 10.3. The van der Waals surface area contributed by atoms with Gasteiger partial charge in [-0.1, -0.05) is 0 Å². The summed E-state index contributed by atoms with van der Waals surface area (Å²) >= 11 is 0. The molecule has 0 aliphatic heterocycles. The van der Waals surface area contributed by atoms with Gasteiger partial charge in [-0.3, -0.25) is 5.10 Å². The van der Waals surface area contributed by atoms with Crippen molar-refractivity contribution in [3.63, 3.8) is 0 Å². The van der Waals surface area contributed by atoms with E-state index in [-0.39, 0.29) is 12.4 Å². The molecule has 0 atom stereocenters. The van der Waals surface area contributed by atoms with Crippen molar-refractivity contribution in [3.8, 4) is 0 Å². The molecule has 0 radical (unpaired) electrons. The highest BCUT2D eigenvalue weighted by molar-refractivity contribution is 7.89. The topological polar surface area (TPSA) is 105 Å². The van der Waals surface area contributed by atoms with Gasteiger partial charge >= 0.3 is 0 Å². The first kappa shape index (κ1) is 14.3. The zero-order valence-corrected chi connectivity index (χ0v) is 11.2. The lowest BCUT2D eigenvalue weighted by Gasteiger charge is -2.16. The SMILES string of the molecule is CN(Cc1ncn[nH]1)S(=O)(=O)c1ccc(F)c(N)c1F. The van der Waals surface area contributed by atoms with E-state index in [4.69, 9.17) is 5.73 Å². The van der Waals surface area contributed by atoms with Crippen molar-refractivity contribution in [1.82, 2.24) is 19.5 Å². The summed E-state index contributed by atoms with van der Waals surface area (Å²) in [5, 5.41) is 6.05. The minimum atomic E-state index is -4.16. The molecular weight excluding hydrogens is 292 g/mol. The number of aromatic amines is 1. The molecule has 0 aliphatic carbocycles. The Morgan fingerprint density at radius 2 is 2.10 bits per heavy atom. The Morgan fingerprint density at radius 3 is 2.70 bits per heavy atom. The predicted octanol–water partition coefficient (Wildman–Crippen LogP) is 0.486. The highest BCUT2D eigenvalue weighted by Crippen LogP contribution is 2.25. The first-order chi connectivity index (χ1) is 9.34. The quantitative estimate of drug-likeness (QED) is 0.800. The summed E-state index contributed by atoms with van der Waals surface area (Å²) in [5.74, 6) is -2.04. The van der Waals surface area contributed by atoms with Crippen LogP contribution in [0.4, 0.5) is 14.5 Å². The molecule has 7 nitrogen and oxygen atoms in total. The number of nitrogens with one attached hydrogen (secondary N) is 1. The normalized spacial score (nSPS) is 12.0. The van der Waals surface area contributed by atoms with Crippen molar-refractivity contribution < 1.29 is 17.2 Å². The summed E-state index contributed by atoms with van der Waals surface area (Å²) in [5.41, 5.74) is 4.32. The predicted molar refractivity (Wildman–Crippen MR) is 65.8 cm³/mol. The summed E-state index contributed by atoms with van der Waals surface area (Å²) in [4.78, 5) is 3.07. The lowest BCUT2D eigenvalue weighted by atomic mass is 10.3. The fourth-order valence-corrected chi connectivity index (χ4v) is 2.72. The molecule has 0 unspecified atom stereocenters. The van der Waals surface area contributed by atoms with E-state index in [1.54, 1.807) is 0 Å². The monoisotopic (exact) mass is 303 g/mol. The molecule has 0 amide bonds. The number of hydrogen-bond acceptors (Lipinski definition) is 5. The van der Waals surface area contributed by atoms with Gasteiger partial charge in [-0.05, 0) is 12.1 Å². The summed E-state index contributed by atoms with van der Waals surface area (Å²) in [7, 11) is -2.93. The highest BCUT2D eigenvalue weighted by atomic mass is 32.2. The Kier molecular flexibility index (Phi) is 3.68. The molecule has 0 bridgehead atoms. The van der Waals surface area contributed by atoms with Crippen LogP contribution in [0.3, 0.4) is 0 Å². The zero-order chi connectivity index (χ0) is 14.9. The van der Waals surface area contributed by atoms with Gasteiger partial charge in [0.25, 0.3) is 0 Å². The molecule has 0 saturated carbocycles. The molecule has 2 aromatic rings. The molecule has 0 fully saturated rings. The highest BCUT2D eigenvalue weighted by Gasteiger charge is 2.27. The second-order valence-electron chi connectivity index (χ2n) is 3.97. The van der Waals surface area contributed by atoms with Crippen LogP contribution >= 0.6 is 0 Å². The van der Waals surface area contributed by atoms with E-state index in [0.717, 1.165) is 16.4 Å². The number of nitrogens with two attached hydrogens (primary N) is 1. The molecule has 0 saturated heterocycles. The molecule has 3 N–H and O–H groups in total. The van der Waals surface area contributed by atoms with Crippen molar-refractivity contribution in [1.29, 1.82) is 0 Å². The molecule has 0 spiro atoms. The number of halogens is 2. The summed E-state index contributed by atoms with van der Waals surface area (Å²) < 4.78 is 52.1. The molecule has 108 valence electrons. The lowest BCUT2D eigenvalue weighted by Crippen LogP contribution is -2.28. The van der Waals surface area contributed by atoms with Crippen molar-refractivity contribution in [2.75, 3.05) is 12.8 Å². The van der Waals surface area contributed by atoms with E-state index >= 15 is 0 Å². The molecule has 0 aliphatic rings. The maximum Gasteiger partial charge on any atom is 0.246 e. The van der Waals surface area contributed by atoms with Crippen molar-refractivity contribution in [2.24, 2.45) is 0 Å². The van der Waals surface area contributed by atoms with Gasteiger partial charge in [0.2, 0.25) is 10.0 Å². The summed E-state index contributed by atoms with van der Waals surface area (Å²) in [6, 6.07) is 1.63. The second kappa shape index (κ2) is 5.13. The molecule has 10 heteroatoms. The van der Waals surface area contributed by atoms with Gasteiger partial charge in [0, 0.05) is 7.05 Å². The first-order valence-corrected chi connectivity index (χ1v) is 6.82. The molecule has 20 heavy (non-hydrogen) atoms. The van der Waals surface area contributed by atoms with Gasteiger partial charge in [0.05, 0.1) is 6.54 Å². The third-order valence-electron chi connectivity index (χ3n) is 2.62. The van der Waals surface area contributed by atoms with Gasteiger partial charge in [0.1, 0.15) is 28.6 Å². The van der Waals surface area contributed by atoms with E-state index in [1.165, 1.54) is 13.4 Å². The van der Waals surface area contributed by atoms with Gasteiger partial charge in [-0.2, -0.15) is 9.40 Å². The van der Waals surface area contributed by atoms with Crippen LogP contribution in [-0.2, 0) is 16.6 Å². The summed E-state index contributed by atoms with van der Waals surface area (Å²) in [6.45, 7) is -0.140. The average molecular weight is 303 g/mol. The maximum atomic E-state index is 13.8. The molecule has 2 rings (SSSR count). The summed E-state index contributed by atoms with van der Waals surface area (Å²) in [6.07, 6.45) is 1.21. The molecule has 1 aromatic carbocycles. The van der Waals surface area contributed by atoms with Crippen LogP contribution in [0.1, 0.15) is 5.82 Å². The van der Waals surface area contributed by atoms with E-state index in [2.05, 4.69) is 15.2 Å². The number of rotatable bonds is 4. The lowest BCUT2D eigenvalue weighted by molar-refractivity contribution is 0.450. The Morgan fingerprint density at radius 1 is 1.40 bits per heavy atom. The Hall–Kier alpha value is -2.07. The third kappa shape index (κ3) is 2.47. The van der Waals surface area contributed by atoms with Crippen LogP contribution in [0.15, 0.2) is 23.4 Å². The third-order valence-corrected chi connectivity index (χ3v) is 4.44. The standard InChI is InChI=1S/C10H11F2N5O2S/c1-17(4-8-14-5-15-16-8)20(18,19)7-3-2-6(11)10(13)9(7)12/h2-3,5H,4,13H2,1H3,(H,14,15,16). The van der Waals surface area contributed by atoms with Gasteiger partial charge < -0.3 is 5.73 Å². The van der Waals surface area contributed by atoms with Gasteiger partial charge in [0.15, 0.2) is 5.82 Å². The van der Waals surface area contributed by atoms with Gasteiger partial charge in [-0.25, -0.2) is 22.2 Å². The molecule has 1 aromatic heterocycles. The van der Waals surface area contributed by atoms with Crippen molar-refractivity contribution in [2.45, 2.75) is 11.4 Å². The Labute approximate surface area is 113 Å². The number of aromatic nitrogens is 3. The second-order valence-corrected chi connectivity index (χ2v) is 5.98. The largest absolute Gasteiger partial charge is 0.394 e. The van der Waals surface area contributed by atoms with Crippen molar-refractivity contribution in [3.05, 3.63) is 35.9 Å². The van der Waals surface area contributed by atoms with Crippen LogP contribution < -0.4 is 5.73 Å². The number of nitrogens with zero attached hydrogens (tertiary/aromatic N) is 3. The first-order valence-electron chi connectivity index (χ1n) is 5.38. The number of hydrogen-bond donors (Lipinski definition) is 2. The fraction of sp³-hybridized carbons (Fsp3) is 0.200. The minimum Gasteiger partial charge on any atom is -0.394 e. The number of sulfonamides is 1. The van der Waals surface area contributed by atoms with E-state index < -0.39 is 32.2 Å². The van der Waals surface area contributed by atoms with Crippen LogP contribution in [0.5, 0.6) is 0 Å². The van der Waals surface area contributed by atoms with E-state index in [9.17, 15) is 17.2 Å². The number of anilines is 1. The number of nitrogen functional groups attached to an aromatic ring is 1. The van der Waals surface area contributed by atoms with E-state index in [0.29, 0.717) is 0 Å². The Balaban J connectivity index is 2.37. The smallest absolute Gasteiger partial charge is 0.246 e. The average Bonchev–Trinajstić information content (AvgIpc) is 2.88. The van der Waals surface area contributed by atoms with E-state index in [1.807, 2.05) is 0 Å². The Bertz CT molecular complexity index is 717. The fourth-order valence-electron chi connectivity index (χ4n) is 1.52. The number of benzene rings is 1. The molecular formula is C10H11F2N5O2S. The van der Waals surface area contributed by atoms with Crippen LogP contribution in [-0.4, -0.2) is 35.0 Å². The van der Waals surface area contributed by atoms with Crippen LogP contribution in [0.25, 0.3) is 0 Å². The maximum absolute atomic E-state index is 13.8. The van der Waals surface area contributed by atoms with Crippen molar-refractivity contribution >= 4 is 15.7 Å². The minimum absolute atomic E-state index is 0.140.